The van der Waals surface area contributed by atoms with Crippen LogP contribution >= 0.6 is 0 Å². The largest absolute Gasteiger partial charge is 0.399 e. The molecule has 1 saturated carbocycles. The minimum atomic E-state index is -0.0355. The zero-order valence-electron chi connectivity index (χ0n) is 12.0. The van der Waals surface area contributed by atoms with Gasteiger partial charge in [-0.15, -0.1) is 0 Å². The number of hydrogen-bond acceptors (Lipinski definition) is 2. The number of fused-ring (bicyclic) bond motifs is 1. The number of carbonyl (C=O) groups is 1. The third kappa shape index (κ3) is 2.26. The highest BCUT2D eigenvalue weighted by molar-refractivity contribution is 5.98. The van der Waals surface area contributed by atoms with Gasteiger partial charge in [-0.25, -0.2) is 0 Å². The van der Waals surface area contributed by atoms with Crippen LogP contribution in [-0.4, -0.2) is 17.4 Å². The molecular formula is C16H21N3O. The standard InChI is InChI=1S/C16H21N3O/c1-10(2)16(5-6-16)9-18-15(20)14-8-11-7-12(17)3-4-13(11)19-14/h3-4,7-8,10,19H,5-6,9,17H2,1-2H3,(H,18,20). The Labute approximate surface area is 118 Å². The Hall–Kier alpha value is -1.97. The second kappa shape index (κ2) is 4.54. The van der Waals surface area contributed by atoms with Gasteiger partial charge in [0.2, 0.25) is 0 Å². The Morgan fingerprint density at radius 3 is 2.80 bits per heavy atom. The van der Waals surface area contributed by atoms with E-state index in [0.29, 0.717) is 22.7 Å². The molecule has 0 saturated heterocycles. The minimum Gasteiger partial charge on any atom is -0.399 e. The fourth-order valence-electron chi connectivity index (χ4n) is 2.74. The van der Waals surface area contributed by atoms with Crippen LogP contribution in [0.1, 0.15) is 37.2 Å². The van der Waals surface area contributed by atoms with E-state index in [1.807, 2.05) is 24.3 Å². The maximum atomic E-state index is 12.2. The van der Waals surface area contributed by atoms with Gasteiger partial charge in [0.05, 0.1) is 0 Å². The number of carbonyl (C=O) groups excluding carboxylic acids is 1. The van der Waals surface area contributed by atoms with E-state index in [2.05, 4.69) is 24.1 Å². The lowest BCUT2D eigenvalue weighted by molar-refractivity contribution is 0.0935. The van der Waals surface area contributed by atoms with Gasteiger partial charge in [0, 0.05) is 23.1 Å². The van der Waals surface area contributed by atoms with Crippen LogP contribution in [0.3, 0.4) is 0 Å². The first-order chi connectivity index (χ1) is 9.50. The maximum absolute atomic E-state index is 12.2. The zero-order valence-corrected chi connectivity index (χ0v) is 12.0. The van der Waals surface area contributed by atoms with E-state index in [1.54, 1.807) is 0 Å². The topological polar surface area (TPSA) is 70.9 Å². The summed E-state index contributed by atoms with van der Waals surface area (Å²) in [7, 11) is 0. The monoisotopic (exact) mass is 271 g/mol. The summed E-state index contributed by atoms with van der Waals surface area (Å²) in [6, 6.07) is 7.46. The predicted molar refractivity (Wildman–Crippen MR) is 81.5 cm³/mol. The van der Waals surface area contributed by atoms with Crippen molar-refractivity contribution in [1.29, 1.82) is 0 Å². The first kappa shape index (κ1) is 13.0. The molecule has 20 heavy (non-hydrogen) atoms. The summed E-state index contributed by atoms with van der Waals surface area (Å²) in [6.45, 7) is 5.22. The predicted octanol–water partition coefficient (Wildman–Crippen LogP) is 2.92. The number of aromatic amines is 1. The molecule has 0 radical (unpaired) electrons. The summed E-state index contributed by atoms with van der Waals surface area (Å²) < 4.78 is 0. The van der Waals surface area contributed by atoms with Crippen molar-refractivity contribution in [3.63, 3.8) is 0 Å². The molecule has 1 aliphatic rings. The number of nitrogens with two attached hydrogens (primary N) is 1. The fourth-order valence-corrected chi connectivity index (χ4v) is 2.74. The van der Waals surface area contributed by atoms with Crippen LogP contribution in [0.2, 0.25) is 0 Å². The first-order valence-electron chi connectivity index (χ1n) is 7.17. The molecule has 1 amide bonds. The Kier molecular flexibility index (Phi) is 2.96. The highest BCUT2D eigenvalue weighted by Crippen LogP contribution is 2.51. The number of hydrogen-bond donors (Lipinski definition) is 3. The van der Waals surface area contributed by atoms with Crippen molar-refractivity contribution in [2.45, 2.75) is 26.7 Å². The van der Waals surface area contributed by atoms with Gasteiger partial charge in [-0.1, -0.05) is 13.8 Å². The summed E-state index contributed by atoms with van der Waals surface area (Å²) in [4.78, 5) is 15.4. The molecule has 1 fully saturated rings. The van der Waals surface area contributed by atoms with Gasteiger partial charge < -0.3 is 16.0 Å². The van der Waals surface area contributed by atoms with Gasteiger partial charge in [0.15, 0.2) is 0 Å². The van der Waals surface area contributed by atoms with Crippen molar-refractivity contribution in [2.24, 2.45) is 11.3 Å². The number of nitrogen functional groups attached to an aromatic ring is 1. The molecule has 1 heterocycles. The Morgan fingerprint density at radius 1 is 1.40 bits per heavy atom. The molecule has 0 aliphatic heterocycles. The maximum Gasteiger partial charge on any atom is 0.267 e. The Bertz CT molecular complexity index is 653. The number of nitrogens with one attached hydrogen (secondary N) is 2. The highest BCUT2D eigenvalue weighted by Gasteiger charge is 2.45. The van der Waals surface area contributed by atoms with Gasteiger partial charge in [-0.05, 0) is 48.4 Å². The Morgan fingerprint density at radius 2 is 2.15 bits per heavy atom. The molecule has 0 unspecified atom stereocenters. The van der Waals surface area contributed by atoms with Crippen molar-refractivity contribution in [1.82, 2.24) is 10.3 Å². The zero-order chi connectivity index (χ0) is 14.3. The van der Waals surface area contributed by atoms with Gasteiger partial charge >= 0.3 is 0 Å². The minimum absolute atomic E-state index is 0.0355. The molecule has 4 nitrogen and oxygen atoms in total. The van der Waals surface area contributed by atoms with E-state index < -0.39 is 0 Å². The molecule has 0 spiro atoms. The number of anilines is 1. The Balaban J connectivity index is 1.72. The van der Waals surface area contributed by atoms with E-state index in [0.717, 1.165) is 17.4 Å². The first-order valence-corrected chi connectivity index (χ1v) is 7.17. The van der Waals surface area contributed by atoms with Gasteiger partial charge in [-0.3, -0.25) is 4.79 Å². The average Bonchev–Trinajstić information content (AvgIpc) is 3.09. The number of rotatable bonds is 4. The fraction of sp³-hybridized carbons (Fsp3) is 0.438. The second-order valence-corrected chi connectivity index (χ2v) is 6.23. The normalized spacial score (nSPS) is 16.6. The summed E-state index contributed by atoms with van der Waals surface area (Å²) in [6.07, 6.45) is 2.43. The van der Waals surface area contributed by atoms with Crippen LogP contribution in [0.15, 0.2) is 24.3 Å². The van der Waals surface area contributed by atoms with Crippen molar-refractivity contribution < 1.29 is 4.79 Å². The molecule has 106 valence electrons. The van der Waals surface area contributed by atoms with Crippen LogP contribution in [0.25, 0.3) is 10.9 Å². The highest BCUT2D eigenvalue weighted by atomic mass is 16.1. The molecular weight excluding hydrogens is 250 g/mol. The van der Waals surface area contributed by atoms with Gasteiger partial charge in [-0.2, -0.15) is 0 Å². The summed E-state index contributed by atoms with van der Waals surface area (Å²) >= 11 is 0. The average molecular weight is 271 g/mol. The molecule has 3 rings (SSSR count). The van der Waals surface area contributed by atoms with E-state index >= 15 is 0 Å². The summed E-state index contributed by atoms with van der Waals surface area (Å²) in [5.74, 6) is 0.581. The van der Waals surface area contributed by atoms with Crippen LogP contribution in [0.5, 0.6) is 0 Å². The smallest absolute Gasteiger partial charge is 0.267 e. The van der Waals surface area contributed by atoms with Crippen molar-refractivity contribution in [2.75, 3.05) is 12.3 Å². The molecule has 1 aromatic heterocycles. The van der Waals surface area contributed by atoms with Crippen LogP contribution < -0.4 is 11.1 Å². The van der Waals surface area contributed by atoms with E-state index in [1.165, 1.54) is 12.8 Å². The molecule has 4 heteroatoms. The number of H-pyrrole nitrogens is 1. The lowest BCUT2D eigenvalue weighted by Gasteiger charge is -2.19. The second-order valence-electron chi connectivity index (χ2n) is 6.23. The van der Waals surface area contributed by atoms with Crippen molar-refractivity contribution in [3.8, 4) is 0 Å². The van der Waals surface area contributed by atoms with E-state index in [9.17, 15) is 4.79 Å². The molecule has 1 aromatic carbocycles. The number of aromatic nitrogens is 1. The van der Waals surface area contributed by atoms with E-state index in [-0.39, 0.29) is 5.91 Å². The third-order valence-corrected chi connectivity index (χ3v) is 4.61. The molecule has 4 N–H and O–H groups in total. The van der Waals surface area contributed by atoms with Crippen molar-refractivity contribution >= 4 is 22.5 Å². The quantitative estimate of drug-likeness (QED) is 0.748. The van der Waals surface area contributed by atoms with Crippen LogP contribution in [0, 0.1) is 11.3 Å². The molecule has 1 aliphatic carbocycles. The van der Waals surface area contributed by atoms with Crippen LogP contribution in [0.4, 0.5) is 5.69 Å². The third-order valence-electron chi connectivity index (χ3n) is 4.61. The van der Waals surface area contributed by atoms with Crippen LogP contribution in [-0.2, 0) is 0 Å². The molecule has 2 aromatic rings. The number of benzene rings is 1. The van der Waals surface area contributed by atoms with Crippen molar-refractivity contribution in [3.05, 3.63) is 30.0 Å². The SMILES string of the molecule is CC(C)C1(CNC(=O)c2cc3cc(N)ccc3[nH]2)CC1. The lowest BCUT2D eigenvalue weighted by atomic mass is 9.92. The lowest BCUT2D eigenvalue weighted by Crippen LogP contribution is -2.32. The van der Waals surface area contributed by atoms with Gasteiger partial charge in [0.25, 0.3) is 5.91 Å². The van der Waals surface area contributed by atoms with E-state index in [4.69, 9.17) is 5.73 Å². The van der Waals surface area contributed by atoms with Gasteiger partial charge in [0.1, 0.15) is 5.69 Å². The summed E-state index contributed by atoms with van der Waals surface area (Å²) in [5.41, 5.74) is 8.33. The number of amides is 1. The molecule has 0 bridgehead atoms. The molecule has 0 atom stereocenters. The summed E-state index contributed by atoms with van der Waals surface area (Å²) in [5, 5.41) is 4.03.